The molecule has 9 nitrogen and oxygen atoms in total. The molecule has 4 N–H and O–H groups in total. The Morgan fingerprint density at radius 3 is 2.45 bits per heavy atom. The number of aliphatic hydroxyl groups is 1. The first kappa shape index (κ1) is 23.2. The Balaban J connectivity index is 1.69. The summed E-state index contributed by atoms with van der Waals surface area (Å²) < 4.78 is 34.4. The van der Waals surface area contributed by atoms with E-state index in [0.29, 0.717) is 60.6 Å². The Labute approximate surface area is 193 Å². The predicted molar refractivity (Wildman–Crippen MR) is 130 cm³/mol. The van der Waals surface area contributed by atoms with Crippen LogP contribution in [0.25, 0.3) is 11.0 Å². The highest BCUT2D eigenvalue weighted by Crippen LogP contribution is 2.32. The van der Waals surface area contributed by atoms with E-state index in [2.05, 4.69) is 25.3 Å². The van der Waals surface area contributed by atoms with Crippen LogP contribution in [0.2, 0.25) is 0 Å². The maximum absolute atomic E-state index is 13.1. The molecule has 1 aliphatic rings. The van der Waals surface area contributed by atoms with Gasteiger partial charge in [0.25, 0.3) is 0 Å². The minimum Gasteiger partial charge on any atom is -0.495 e. The van der Waals surface area contributed by atoms with Crippen molar-refractivity contribution in [1.82, 2.24) is 15.3 Å². The number of hydrogen-bond acceptors (Lipinski definition) is 8. The molecule has 4 rings (SSSR count). The first-order valence-electron chi connectivity index (χ1n) is 11.0. The monoisotopic (exact) mass is 471 g/mol. The molecule has 0 amide bonds. The average Bonchev–Trinajstić information content (AvgIpc) is 2.84. The Kier molecular flexibility index (Phi) is 7.26. The van der Waals surface area contributed by atoms with Gasteiger partial charge in [-0.05, 0) is 68.6 Å². The van der Waals surface area contributed by atoms with Gasteiger partial charge >= 0.3 is 0 Å². The lowest BCUT2D eigenvalue weighted by molar-refractivity contribution is 0.288. The number of fused-ring (bicyclic) bond motifs is 1. The summed E-state index contributed by atoms with van der Waals surface area (Å²) in [6.07, 6.45) is 2.48. The zero-order valence-corrected chi connectivity index (χ0v) is 19.4. The molecule has 0 atom stereocenters. The Morgan fingerprint density at radius 1 is 1.09 bits per heavy atom. The molecule has 0 aliphatic carbocycles. The van der Waals surface area contributed by atoms with Gasteiger partial charge < -0.3 is 20.5 Å². The van der Waals surface area contributed by atoms with Crippen LogP contribution >= 0.6 is 0 Å². The molecule has 1 saturated heterocycles. The minimum absolute atomic E-state index is 0.121. The summed E-state index contributed by atoms with van der Waals surface area (Å²) in [7, 11) is -2.07. The molecule has 2 heterocycles. The van der Waals surface area contributed by atoms with Gasteiger partial charge in [0.2, 0.25) is 10.0 Å². The van der Waals surface area contributed by atoms with Crippen molar-refractivity contribution in [3.8, 4) is 5.75 Å². The van der Waals surface area contributed by atoms with Crippen molar-refractivity contribution in [2.24, 2.45) is 0 Å². The van der Waals surface area contributed by atoms with Crippen LogP contribution in [0, 0.1) is 0 Å². The fourth-order valence-electron chi connectivity index (χ4n) is 3.89. The minimum atomic E-state index is -3.64. The van der Waals surface area contributed by atoms with Gasteiger partial charge in [-0.25, -0.2) is 18.4 Å². The summed E-state index contributed by atoms with van der Waals surface area (Å²) in [5, 5.41) is 15.0. The van der Waals surface area contributed by atoms with E-state index in [1.54, 1.807) is 13.2 Å². The lowest BCUT2D eigenvalue weighted by atomic mass is 10.1. The van der Waals surface area contributed by atoms with Crippen LogP contribution in [-0.4, -0.2) is 55.5 Å². The molecule has 0 saturated carbocycles. The number of benzene rings is 2. The summed E-state index contributed by atoms with van der Waals surface area (Å²) in [6.45, 7) is 1.45. The Morgan fingerprint density at radius 2 is 1.79 bits per heavy atom. The number of aryl methyl sites for hydroxylation is 1. The standard InChI is InChI=1S/C23H29N5O4S/c1-32-21-15-16(5-4-14-29)8-9-20(21)27-22-23(26-19-7-3-2-6-18(19)25-22)28-33(30,31)17-10-12-24-13-11-17/h2-3,6-9,15,17,24,29H,4-5,10-14H2,1H3,(H,25,27)(H,26,28). The number of methoxy groups -OCH3 is 1. The number of nitrogens with zero attached hydrogens (tertiary/aromatic N) is 2. The highest BCUT2D eigenvalue weighted by molar-refractivity contribution is 7.93. The van der Waals surface area contributed by atoms with Gasteiger partial charge in [-0.1, -0.05) is 18.2 Å². The van der Waals surface area contributed by atoms with Crippen LogP contribution in [0.1, 0.15) is 24.8 Å². The first-order chi connectivity index (χ1) is 16.0. The molecule has 3 aromatic rings. The second-order valence-corrected chi connectivity index (χ2v) is 9.95. The number of hydrogen-bond donors (Lipinski definition) is 4. The quantitative estimate of drug-likeness (QED) is 0.375. The molecule has 1 aliphatic heterocycles. The SMILES string of the molecule is COc1cc(CCCO)ccc1Nc1nc2ccccc2nc1NS(=O)(=O)C1CCNCC1. The molecule has 0 unspecified atom stereocenters. The van der Waals surface area contributed by atoms with Crippen molar-refractivity contribution in [2.75, 3.05) is 36.8 Å². The van der Waals surface area contributed by atoms with E-state index < -0.39 is 15.3 Å². The fraction of sp³-hybridized carbons (Fsp3) is 0.391. The summed E-state index contributed by atoms with van der Waals surface area (Å²) >= 11 is 0. The number of para-hydroxylation sites is 2. The van der Waals surface area contributed by atoms with E-state index in [4.69, 9.17) is 9.84 Å². The number of nitrogens with one attached hydrogen (secondary N) is 3. The third-order valence-corrected chi connectivity index (χ3v) is 7.50. The molecular weight excluding hydrogens is 442 g/mol. The zero-order valence-electron chi connectivity index (χ0n) is 18.5. The van der Waals surface area contributed by atoms with Gasteiger partial charge in [0.15, 0.2) is 11.6 Å². The van der Waals surface area contributed by atoms with E-state index in [-0.39, 0.29) is 12.4 Å². The van der Waals surface area contributed by atoms with Gasteiger partial charge in [-0.2, -0.15) is 0 Å². The molecule has 0 bridgehead atoms. The number of aromatic nitrogens is 2. The number of sulfonamides is 1. The van der Waals surface area contributed by atoms with Crippen LogP contribution in [0.5, 0.6) is 5.75 Å². The molecule has 1 fully saturated rings. The van der Waals surface area contributed by atoms with E-state index >= 15 is 0 Å². The van der Waals surface area contributed by atoms with E-state index in [1.165, 1.54) is 0 Å². The van der Waals surface area contributed by atoms with Crippen molar-refractivity contribution in [3.63, 3.8) is 0 Å². The average molecular weight is 472 g/mol. The zero-order chi connectivity index (χ0) is 23.3. The van der Waals surface area contributed by atoms with Gasteiger partial charge in [-0.3, -0.25) is 4.72 Å². The summed E-state index contributed by atoms with van der Waals surface area (Å²) in [5.74, 6) is 1.04. The molecule has 33 heavy (non-hydrogen) atoms. The number of anilines is 3. The molecule has 0 spiro atoms. The molecule has 176 valence electrons. The van der Waals surface area contributed by atoms with Gasteiger partial charge in [-0.15, -0.1) is 0 Å². The molecule has 2 aromatic carbocycles. The second kappa shape index (κ2) is 10.3. The second-order valence-electron chi connectivity index (χ2n) is 7.99. The van der Waals surface area contributed by atoms with E-state index in [9.17, 15) is 8.42 Å². The van der Waals surface area contributed by atoms with Gasteiger partial charge in [0.05, 0.1) is 29.1 Å². The largest absolute Gasteiger partial charge is 0.495 e. The van der Waals surface area contributed by atoms with Crippen LogP contribution < -0.4 is 20.1 Å². The molecule has 10 heteroatoms. The van der Waals surface area contributed by atoms with Crippen molar-refractivity contribution >= 4 is 38.4 Å². The van der Waals surface area contributed by atoms with Crippen LogP contribution in [0.4, 0.5) is 17.3 Å². The number of piperidine rings is 1. The van der Waals surface area contributed by atoms with Crippen molar-refractivity contribution in [2.45, 2.75) is 30.9 Å². The molecule has 1 aromatic heterocycles. The Bertz CT molecular complexity index is 1210. The van der Waals surface area contributed by atoms with Crippen LogP contribution in [0.3, 0.4) is 0 Å². The Hall–Kier alpha value is -2.95. The van der Waals surface area contributed by atoms with Gasteiger partial charge in [0.1, 0.15) is 5.75 Å². The lowest BCUT2D eigenvalue weighted by Gasteiger charge is -2.23. The highest BCUT2D eigenvalue weighted by atomic mass is 32.2. The smallest absolute Gasteiger partial charge is 0.236 e. The first-order valence-corrected chi connectivity index (χ1v) is 12.6. The highest BCUT2D eigenvalue weighted by Gasteiger charge is 2.29. The summed E-state index contributed by atoms with van der Waals surface area (Å²) in [5.41, 5.74) is 2.90. The summed E-state index contributed by atoms with van der Waals surface area (Å²) in [4.78, 5) is 9.21. The van der Waals surface area contributed by atoms with Crippen LogP contribution in [0.15, 0.2) is 42.5 Å². The van der Waals surface area contributed by atoms with E-state index in [1.807, 2.05) is 36.4 Å². The summed E-state index contributed by atoms with van der Waals surface area (Å²) in [6, 6.07) is 13.0. The third-order valence-electron chi connectivity index (χ3n) is 5.68. The lowest BCUT2D eigenvalue weighted by Crippen LogP contribution is -2.38. The number of rotatable bonds is 9. The predicted octanol–water partition coefficient (Wildman–Crippen LogP) is 2.80. The van der Waals surface area contributed by atoms with Crippen LogP contribution in [-0.2, 0) is 16.4 Å². The third kappa shape index (κ3) is 5.52. The maximum atomic E-state index is 13.1. The molecular formula is C23H29N5O4S. The fourth-order valence-corrected chi connectivity index (χ4v) is 5.32. The van der Waals surface area contributed by atoms with Crippen molar-refractivity contribution in [1.29, 1.82) is 0 Å². The van der Waals surface area contributed by atoms with Gasteiger partial charge in [0, 0.05) is 6.61 Å². The molecule has 0 radical (unpaired) electrons. The topological polar surface area (TPSA) is 125 Å². The normalized spacial score (nSPS) is 14.8. The maximum Gasteiger partial charge on any atom is 0.236 e. The van der Waals surface area contributed by atoms with Crippen molar-refractivity contribution < 1.29 is 18.3 Å². The number of aliphatic hydroxyl groups excluding tert-OH is 1. The van der Waals surface area contributed by atoms with E-state index in [0.717, 1.165) is 12.0 Å². The van der Waals surface area contributed by atoms with Crippen molar-refractivity contribution in [3.05, 3.63) is 48.0 Å². The number of ether oxygens (including phenoxy) is 1.